The van der Waals surface area contributed by atoms with E-state index in [1.807, 2.05) is 6.08 Å². The van der Waals surface area contributed by atoms with Crippen molar-refractivity contribution in [3.8, 4) is 0 Å². The molecule has 0 aromatic rings. The van der Waals surface area contributed by atoms with Gasteiger partial charge in [-0.1, -0.05) is 341 Å². The van der Waals surface area contributed by atoms with Crippen LogP contribution in [0.1, 0.15) is 373 Å². The van der Waals surface area contributed by atoms with Crippen LogP contribution in [0.5, 0.6) is 0 Å². The Morgan fingerprint density at radius 2 is 0.639 bits per heavy atom. The summed E-state index contributed by atoms with van der Waals surface area (Å²) in [6.07, 6.45) is 75.5. The Hall–Kier alpha value is -1.40. The van der Waals surface area contributed by atoms with Crippen molar-refractivity contribution in [1.82, 2.24) is 5.32 Å². The minimum absolute atomic E-state index is 0.0139. The van der Waals surface area contributed by atoms with Gasteiger partial charge in [0.25, 0.3) is 0 Å². The highest BCUT2D eigenvalue weighted by Gasteiger charge is 2.18. The van der Waals surface area contributed by atoms with E-state index in [4.69, 9.17) is 4.74 Å². The van der Waals surface area contributed by atoms with Crippen LogP contribution in [0.3, 0.4) is 0 Å². The third-order valence-electron chi connectivity index (χ3n) is 15.6. The number of aliphatic hydroxyl groups excluding tert-OH is 2. The molecule has 0 rings (SSSR count). The molecule has 2 unspecified atom stereocenters. The van der Waals surface area contributed by atoms with Crippen LogP contribution in [-0.2, 0) is 14.3 Å². The number of hydrogen-bond acceptors (Lipinski definition) is 5. The molecule has 2 atom stereocenters. The lowest BCUT2D eigenvalue weighted by Gasteiger charge is -2.20. The molecule has 0 aliphatic rings. The van der Waals surface area contributed by atoms with E-state index in [1.165, 1.54) is 308 Å². The van der Waals surface area contributed by atoms with Gasteiger partial charge >= 0.3 is 5.97 Å². The van der Waals surface area contributed by atoms with Gasteiger partial charge in [-0.25, -0.2) is 0 Å². The summed E-state index contributed by atoms with van der Waals surface area (Å²) in [5, 5.41) is 23.2. The van der Waals surface area contributed by atoms with Gasteiger partial charge in [0.1, 0.15) is 0 Å². The molecular formula is C66H129NO5. The highest BCUT2D eigenvalue weighted by Crippen LogP contribution is 2.19. The van der Waals surface area contributed by atoms with Crippen molar-refractivity contribution in [1.29, 1.82) is 0 Å². The van der Waals surface area contributed by atoms with E-state index in [2.05, 4.69) is 19.2 Å². The molecule has 3 N–H and O–H groups in total. The van der Waals surface area contributed by atoms with Crippen molar-refractivity contribution in [2.45, 2.75) is 386 Å². The number of ether oxygens (including phenoxy) is 1. The Morgan fingerprint density at radius 3 is 0.944 bits per heavy atom. The molecule has 428 valence electrons. The van der Waals surface area contributed by atoms with Crippen molar-refractivity contribution >= 4 is 11.9 Å². The second-order valence-electron chi connectivity index (χ2n) is 22.8. The molecule has 1 amide bonds. The largest absolute Gasteiger partial charge is 0.466 e. The van der Waals surface area contributed by atoms with Crippen molar-refractivity contribution in [2.24, 2.45) is 0 Å². The highest BCUT2D eigenvalue weighted by molar-refractivity contribution is 5.76. The maximum atomic E-state index is 12.5. The lowest BCUT2D eigenvalue weighted by atomic mass is 10.0. The Kier molecular flexibility index (Phi) is 60.9. The summed E-state index contributed by atoms with van der Waals surface area (Å²) in [5.74, 6) is -0.0508. The quantitative estimate of drug-likeness (QED) is 0.0320. The number of esters is 1. The maximum Gasteiger partial charge on any atom is 0.305 e. The zero-order valence-electron chi connectivity index (χ0n) is 48.9. The standard InChI is InChI=1S/C66H129NO5/c1-3-5-7-9-11-13-15-17-18-19-20-22-25-28-31-35-38-42-46-50-54-58-64(69)63(62-68)67-65(70)59-55-51-47-43-39-36-32-29-26-23-21-24-27-30-33-37-41-45-49-53-57-61-72-66(71)60-56-52-48-44-40-34-16-14-12-10-8-6-4-2/h54,58,63-64,68-69H,3-53,55-57,59-62H2,1-2H3,(H,67,70)/b58-54+. The fourth-order valence-corrected chi connectivity index (χ4v) is 10.5. The SMILES string of the molecule is CCCCCCCCCCCCCCCCCCCCC/C=C/C(O)C(CO)NC(=O)CCCCCCCCCCCCCCCCCCCCCCCOC(=O)CCCCCCCCCCCCCCC. The van der Waals surface area contributed by atoms with E-state index < -0.39 is 12.1 Å². The number of allylic oxidation sites excluding steroid dienone is 1. The average Bonchev–Trinajstić information content (AvgIpc) is 3.38. The first-order chi connectivity index (χ1) is 35.5. The first kappa shape index (κ1) is 70.6. The van der Waals surface area contributed by atoms with Gasteiger partial charge < -0.3 is 20.3 Å². The van der Waals surface area contributed by atoms with Crippen LogP contribution in [-0.4, -0.2) is 47.4 Å². The first-order valence-electron chi connectivity index (χ1n) is 33.0. The smallest absolute Gasteiger partial charge is 0.305 e. The van der Waals surface area contributed by atoms with Crippen molar-refractivity contribution in [3.05, 3.63) is 12.2 Å². The third-order valence-corrected chi connectivity index (χ3v) is 15.6. The second-order valence-corrected chi connectivity index (χ2v) is 22.8. The normalized spacial score (nSPS) is 12.6. The van der Waals surface area contributed by atoms with E-state index in [0.717, 1.165) is 38.5 Å². The van der Waals surface area contributed by atoms with E-state index >= 15 is 0 Å². The van der Waals surface area contributed by atoms with Gasteiger partial charge in [-0.2, -0.15) is 0 Å². The van der Waals surface area contributed by atoms with Gasteiger partial charge in [0.15, 0.2) is 0 Å². The molecule has 0 aliphatic heterocycles. The van der Waals surface area contributed by atoms with Crippen LogP contribution < -0.4 is 5.32 Å². The molecular weight excluding hydrogens is 887 g/mol. The Labute approximate surface area is 450 Å². The average molecular weight is 1020 g/mol. The van der Waals surface area contributed by atoms with Gasteiger partial charge in [-0.05, 0) is 32.1 Å². The molecule has 6 heteroatoms. The van der Waals surface area contributed by atoms with E-state index in [-0.39, 0.29) is 18.5 Å². The van der Waals surface area contributed by atoms with Crippen LogP contribution >= 0.6 is 0 Å². The van der Waals surface area contributed by atoms with Crippen LogP contribution in [0.25, 0.3) is 0 Å². The molecule has 0 saturated heterocycles. The third kappa shape index (κ3) is 57.9. The molecule has 0 spiro atoms. The van der Waals surface area contributed by atoms with Crippen LogP contribution in [0.2, 0.25) is 0 Å². The van der Waals surface area contributed by atoms with E-state index in [0.29, 0.717) is 19.4 Å². The number of unbranched alkanes of at least 4 members (excludes halogenated alkanes) is 51. The van der Waals surface area contributed by atoms with Gasteiger partial charge in [0, 0.05) is 12.8 Å². The van der Waals surface area contributed by atoms with Crippen LogP contribution in [0.15, 0.2) is 12.2 Å². The van der Waals surface area contributed by atoms with Crippen LogP contribution in [0, 0.1) is 0 Å². The fourth-order valence-electron chi connectivity index (χ4n) is 10.5. The maximum absolute atomic E-state index is 12.5. The van der Waals surface area contributed by atoms with E-state index in [9.17, 15) is 19.8 Å². The number of carbonyl (C=O) groups is 2. The van der Waals surface area contributed by atoms with Crippen molar-refractivity contribution in [3.63, 3.8) is 0 Å². The fraction of sp³-hybridized carbons (Fsp3) is 0.939. The second kappa shape index (κ2) is 62.1. The summed E-state index contributed by atoms with van der Waals surface area (Å²) in [6.45, 7) is 4.94. The van der Waals surface area contributed by atoms with Gasteiger partial charge in [-0.15, -0.1) is 0 Å². The predicted molar refractivity (Wildman–Crippen MR) is 315 cm³/mol. The molecule has 0 fully saturated rings. The first-order valence-corrected chi connectivity index (χ1v) is 33.0. The minimum atomic E-state index is -0.845. The number of nitrogens with one attached hydrogen (secondary N) is 1. The van der Waals surface area contributed by atoms with Crippen LogP contribution in [0.4, 0.5) is 0 Å². The summed E-state index contributed by atoms with van der Waals surface area (Å²) < 4.78 is 5.48. The number of amides is 1. The van der Waals surface area contributed by atoms with E-state index in [1.54, 1.807) is 6.08 Å². The van der Waals surface area contributed by atoms with Gasteiger partial charge in [0.05, 0.1) is 25.4 Å². The number of hydrogen-bond donors (Lipinski definition) is 3. The predicted octanol–water partition coefficient (Wildman–Crippen LogP) is 20.8. The summed E-state index contributed by atoms with van der Waals surface area (Å²) in [6, 6.07) is -0.629. The molecule has 0 heterocycles. The zero-order valence-corrected chi connectivity index (χ0v) is 48.9. The number of carbonyl (C=O) groups excluding carboxylic acids is 2. The van der Waals surface area contributed by atoms with Gasteiger partial charge in [-0.3, -0.25) is 9.59 Å². The zero-order chi connectivity index (χ0) is 52.2. The van der Waals surface area contributed by atoms with Gasteiger partial charge in [0.2, 0.25) is 5.91 Å². The summed E-state index contributed by atoms with van der Waals surface area (Å²) in [7, 11) is 0. The molecule has 72 heavy (non-hydrogen) atoms. The summed E-state index contributed by atoms with van der Waals surface area (Å²) in [4.78, 5) is 24.6. The van der Waals surface area contributed by atoms with Crippen molar-refractivity contribution in [2.75, 3.05) is 13.2 Å². The monoisotopic (exact) mass is 1020 g/mol. The number of rotatable bonds is 62. The minimum Gasteiger partial charge on any atom is -0.466 e. The molecule has 0 radical (unpaired) electrons. The molecule has 0 aliphatic carbocycles. The Balaban J connectivity index is 3.41. The molecule has 0 saturated carbocycles. The Bertz CT molecular complexity index is 1080. The molecule has 6 nitrogen and oxygen atoms in total. The summed E-state index contributed by atoms with van der Waals surface area (Å²) >= 11 is 0. The molecule has 0 bridgehead atoms. The summed E-state index contributed by atoms with van der Waals surface area (Å²) in [5.41, 5.74) is 0. The highest BCUT2D eigenvalue weighted by atomic mass is 16.5. The van der Waals surface area contributed by atoms with Crippen molar-refractivity contribution < 1.29 is 24.5 Å². The lowest BCUT2D eigenvalue weighted by Crippen LogP contribution is -2.45. The molecule has 0 aromatic carbocycles. The number of aliphatic hydroxyl groups is 2. The topological polar surface area (TPSA) is 95.9 Å². The lowest BCUT2D eigenvalue weighted by molar-refractivity contribution is -0.143. The Morgan fingerprint density at radius 1 is 0.375 bits per heavy atom. The molecule has 0 aromatic heterocycles.